The number of hydrogen-bond donors (Lipinski definition) is 1. The third kappa shape index (κ3) is 56.8. The molecule has 0 bridgehead atoms. The SMILES string of the molecule is CCCCCCCC/C=C\CCCCCC(=O)NC(COP(=O)([O-])OCC[N+](C)(C)C)C(/C=C\CCCCCCCCCCCCC)OC(=O)CCCCCCCCCCCCCCC/C=C/CCCCCCCC. The maximum atomic E-state index is 13.5. The average molecular weight is 1080 g/mol. The molecule has 0 heterocycles. The fourth-order valence-electron chi connectivity index (χ4n) is 9.51. The smallest absolute Gasteiger partial charge is 0.306 e. The number of nitrogens with zero attached hydrogens (tertiary/aromatic N) is 1. The van der Waals surface area contributed by atoms with Gasteiger partial charge in [0.1, 0.15) is 19.3 Å². The van der Waals surface area contributed by atoms with Crippen molar-refractivity contribution in [3.8, 4) is 0 Å². The van der Waals surface area contributed by atoms with E-state index in [0.717, 1.165) is 70.6 Å². The van der Waals surface area contributed by atoms with Gasteiger partial charge in [0.25, 0.3) is 7.82 Å². The van der Waals surface area contributed by atoms with Crippen LogP contribution in [0.15, 0.2) is 36.5 Å². The lowest BCUT2D eigenvalue weighted by Gasteiger charge is -2.30. The molecule has 1 amide bonds. The molecule has 0 aliphatic rings. The molecule has 0 spiro atoms. The maximum Gasteiger partial charge on any atom is 0.306 e. The van der Waals surface area contributed by atoms with Gasteiger partial charge in [0.2, 0.25) is 5.91 Å². The minimum Gasteiger partial charge on any atom is -0.756 e. The van der Waals surface area contributed by atoms with Crippen LogP contribution in [0.4, 0.5) is 0 Å². The molecule has 0 fully saturated rings. The van der Waals surface area contributed by atoms with E-state index < -0.39 is 26.6 Å². The zero-order valence-electron chi connectivity index (χ0n) is 50.5. The van der Waals surface area contributed by atoms with Crippen molar-refractivity contribution in [1.82, 2.24) is 5.32 Å². The van der Waals surface area contributed by atoms with Crippen LogP contribution in [0, 0.1) is 0 Å². The average Bonchev–Trinajstić information content (AvgIpc) is 3.37. The highest BCUT2D eigenvalue weighted by molar-refractivity contribution is 7.45. The van der Waals surface area contributed by atoms with E-state index in [-0.39, 0.29) is 24.9 Å². The van der Waals surface area contributed by atoms with Crippen LogP contribution in [-0.2, 0) is 27.9 Å². The maximum absolute atomic E-state index is 13.5. The molecule has 0 aliphatic carbocycles. The molecule has 0 saturated heterocycles. The van der Waals surface area contributed by atoms with E-state index in [2.05, 4.69) is 50.4 Å². The molecule has 0 aromatic carbocycles. The first-order valence-corrected chi connectivity index (χ1v) is 33.8. The summed E-state index contributed by atoms with van der Waals surface area (Å²) in [4.78, 5) is 40.0. The number of likely N-dealkylation sites (N-methyl/N-ethyl adjacent to an activating group) is 1. The molecule has 0 aliphatic heterocycles. The minimum absolute atomic E-state index is 0.0230. The number of rotatable bonds is 59. The van der Waals surface area contributed by atoms with Gasteiger partial charge in [-0.25, -0.2) is 0 Å². The van der Waals surface area contributed by atoms with Gasteiger partial charge in [0.15, 0.2) is 0 Å². The number of esters is 1. The fraction of sp³-hybridized carbons (Fsp3) is 0.877. The summed E-state index contributed by atoms with van der Waals surface area (Å²) < 4.78 is 30.3. The first-order valence-electron chi connectivity index (χ1n) is 32.3. The van der Waals surface area contributed by atoms with Crippen molar-refractivity contribution in [3.63, 3.8) is 0 Å². The minimum atomic E-state index is -4.70. The molecule has 9 nitrogen and oxygen atoms in total. The predicted octanol–water partition coefficient (Wildman–Crippen LogP) is 19.3. The van der Waals surface area contributed by atoms with Gasteiger partial charge in [-0.3, -0.25) is 14.2 Å². The number of quaternary nitrogens is 1. The Kier molecular flexibility index (Phi) is 54.2. The molecule has 3 unspecified atom stereocenters. The van der Waals surface area contributed by atoms with Crippen LogP contribution >= 0.6 is 7.82 Å². The Hall–Kier alpha value is -1.77. The van der Waals surface area contributed by atoms with Crippen LogP contribution < -0.4 is 10.2 Å². The Morgan fingerprint density at radius 1 is 0.453 bits per heavy atom. The highest BCUT2D eigenvalue weighted by atomic mass is 31.2. The molecular weight excluding hydrogens is 952 g/mol. The third-order valence-corrected chi connectivity index (χ3v) is 15.5. The van der Waals surface area contributed by atoms with Crippen LogP contribution in [0.5, 0.6) is 0 Å². The first kappa shape index (κ1) is 73.2. The van der Waals surface area contributed by atoms with Gasteiger partial charge in [-0.2, -0.15) is 0 Å². The van der Waals surface area contributed by atoms with Crippen molar-refractivity contribution in [2.45, 2.75) is 328 Å². The summed E-state index contributed by atoms with van der Waals surface area (Å²) in [7, 11) is 1.19. The van der Waals surface area contributed by atoms with Gasteiger partial charge >= 0.3 is 5.97 Å². The van der Waals surface area contributed by atoms with Gasteiger partial charge in [-0.15, -0.1) is 0 Å². The van der Waals surface area contributed by atoms with E-state index in [9.17, 15) is 19.0 Å². The second-order valence-electron chi connectivity index (χ2n) is 23.3. The second kappa shape index (κ2) is 55.5. The summed E-state index contributed by atoms with van der Waals surface area (Å²) >= 11 is 0. The van der Waals surface area contributed by atoms with Gasteiger partial charge in [-0.1, -0.05) is 257 Å². The number of amides is 1. The molecule has 0 radical (unpaired) electrons. The highest BCUT2D eigenvalue weighted by Crippen LogP contribution is 2.38. The van der Waals surface area contributed by atoms with Gasteiger partial charge in [-0.05, 0) is 83.1 Å². The molecule has 0 saturated carbocycles. The number of ether oxygens (including phenoxy) is 1. The summed E-state index contributed by atoms with van der Waals surface area (Å²) in [6.07, 6.45) is 66.9. The van der Waals surface area contributed by atoms with Crippen LogP contribution in [-0.4, -0.2) is 69.4 Å². The first-order chi connectivity index (χ1) is 36.4. The molecule has 0 aromatic rings. The molecular formula is C65H125N2O7P. The number of unbranched alkanes of at least 4 members (excludes halogenated alkanes) is 39. The van der Waals surface area contributed by atoms with E-state index in [4.69, 9.17) is 13.8 Å². The van der Waals surface area contributed by atoms with Crippen molar-refractivity contribution in [1.29, 1.82) is 0 Å². The molecule has 75 heavy (non-hydrogen) atoms. The summed E-state index contributed by atoms with van der Waals surface area (Å²) in [5.74, 6) is -0.547. The normalized spacial score (nSPS) is 13.9. The largest absolute Gasteiger partial charge is 0.756 e. The fourth-order valence-corrected chi connectivity index (χ4v) is 10.2. The number of hydrogen-bond acceptors (Lipinski definition) is 7. The Morgan fingerprint density at radius 3 is 1.15 bits per heavy atom. The summed E-state index contributed by atoms with van der Waals surface area (Å²) in [6.45, 7) is 6.85. The highest BCUT2D eigenvalue weighted by Gasteiger charge is 2.27. The van der Waals surface area contributed by atoms with Gasteiger partial charge in [0.05, 0.1) is 33.8 Å². The third-order valence-electron chi connectivity index (χ3n) is 14.5. The van der Waals surface area contributed by atoms with Crippen LogP contribution in [0.2, 0.25) is 0 Å². The van der Waals surface area contributed by atoms with Gasteiger partial charge < -0.3 is 28.5 Å². The van der Waals surface area contributed by atoms with E-state index in [1.165, 1.54) is 212 Å². The lowest BCUT2D eigenvalue weighted by Crippen LogP contribution is -2.47. The molecule has 0 rings (SSSR count). The Morgan fingerprint density at radius 2 is 0.773 bits per heavy atom. The lowest BCUT2D eigenvalue weighted by molar-refractivity contribution is -0.870. The number of nitrogens with one attached hydrogen (secondary N) is 1. The number of phosphoric ester groups is 1. The van der Waals surface area contributed by atoms with E-state index in [1.807, 2.05) is 33.3 Å². The van der Waals surface area contributed by atoms with Crippen molar-refractivity contribution in [2.24, 2.45) is 0 Å². The van der Waals surface area contributed by atoms with Crippen molar-refractivity contribution in [3.05, 3.63) is 36.5 Å². The van der Waals surface area contributed by atoms with Crippen molar-refractivity contribution in [2.75, 3.05) is 40.9 Å². The van der Waals surface area contributed by atoms with E-state index >= 15 is 0 Å². The molecule has 442 valence electrons. The Labute approximate surface area is 466 Å². The summed E-state index contributed by atoms with van der Waals surface area (Å²) in [5, 5.41) is 3.02. The van der Waals surface area contributed by atoms with E-state index in [1.54, 1.807) is 0 Å². The second-order valence-corrected chi connectivity index (χ2v) is 24.7. The van der Waals surface area contributed by atoms with Crippen molar-refractivity contribution < 1.29 is 37.3 Å². The number of allylic oxidation sites excluding steroid dienone is 5. The molecule has 10 heteroatoms. The number of carbonyl (C=O) groups excluding carboxylic acids is 2. The van der Waals surface area contributed by atoms with E-state index in [0.29, 0.717) is 17.4 Å². The molecule has 0 aromatic heterocycles. The zero-order valence-corrected chi connectivity index (χ0v) is 51.4. The molecule has 1 N–H and O–H groups in total. The lowest BCUT2D eigenvalue weighted by atomic mass is 10.0. The number of phosphoric acid groups is 1. The van der Waals surface area contributed by atoms with Crippen molar-refractivity contribution >= 4 is 19.7 Å². The topological polar surface area (TPSA) is 114 Å². The predicted molar refractivity (Wildman–Crippen MR) is 321 cm³/mol. The van der Waals surface area contributed by atoms with Crippen LogP contribution in [0.3, 0.4) is 0 Å². The zero-order chi connectivity index (χ0) is 55.0. The van der Waals surface area contributed by atoms with Crippen LogP contribution in [0.25, 0.3) is 0 Å². The summed E-state index contributed by atoms with van der Waals surface area (Å²) in [6, 6.07) is -0.893. The Bertz CT molecular complexity index is 1380. The number of carbonyl (C=O) groups is 2. The van der Waals surface area contributed by atoms with Gasteiger partial charge in [0, 0.05) is 12.8 Å². The monoisotopic (exact) mass is 1080 g/mol. The van der Waals surface area contributed by atoms with Crippen LogP contribution in [0.1, 0.15) is 316 Å². The Balaban J connectivity index is 5.15. The summed E-state index contributed by atoms with van der Waals surface area (Å²) in [5.41, 5.74) is 0. The quantitative estimate of drug-likeness (QED) is 0.0212. The standard InChI is InChI=1S/C65H125N2O7P/c1-7-10-13-16-19-22-25-28-29-30-31-32-33-34-35-36-37-40-43-46-49-52-55-58-65(69)74-63(56-53-50-47-44-41-38-26-23-20-17-14-11-8-2)62(61-73-75(70,71)72-60-59-67(4,5)6)66-64(68)57-54-51-48-45-42-39-27-24-21-18-15-12-9-3/h28-29,39,42,53,56,62-63H,7-27,30-38,40-41,43-52,54-55,57-61H2,1-6H3,(H-,66,68,70,71)/b29-28+,42-39-,56-53-. The molecule has 3 atom stereocenters.